The highest BCUT2D eigenvalue weighted by molar-refractivity contribution is 5.80. The van der Waals surface area contributed by atoms with E-state index < -0.39 is 0 Å². The van der Waals surface area contributed by atoms with E-state index in [1.807, 2.05) is 23.1 Å². The molecule has 0 spiro atoms. The Labute approximate surface area is 142 Å². The molecule has 2 aliphatic heterocycles. The minimum Gasteiger partial charge on any atom is -0.492 e. The minimum absolute atomic E-state index is 0.151. The van der Waals surface area contributed by atoms with Crippen LogP contribution in [0.5, 0.6) is 5.75 Å². The zero-order valence-electron chi connectivity index (χ0n) is 13.6. The van der Waals surface area contributed by atoms with E-state index in [-0.39, 0.29) is 11.8 Å². The highest BCUT2D eigenvalue weighted by Crippen LogP contribution is 2.40. The van der Waals surface area contributed by atoms with E-state index in [4.69, 9.17) is 9.47 Å². The molecule has 2 aliphatic rings. The van der Waals surface area contributed by atoms with E-state index in [2.05, 4.69) is 30.3 Å². The molecule has 2 aromatic rings. The smallest absolute Gasteiger partial charge is 0.227 e. The molecule has 24 heavy (non-hydrogen) atoms. The number of rotatable bonds is 3. The summed E-state index contributed by atoms with van der Waals surface area (Å²) in [6.07, 6.45) is 0.394. The van der Waals surface area contributed by atoms with Crippen LogP contribution in [0.4, 0.5) is 0 Å². The van der Waals surface area contributed by atoms with Gasteiger partial charge in [0.1, 0.15) is 5.75 Å². The largest absolute Gasteiger partial charge is 0.492 e. The Kier molecular flexibility index (Phi) is 4.22. The first kappa shape index (κ1) is 15.2. The van der Waals surface area contributed by atoms with Gasteiger partial charge in [0, 0.05) is 30.1 Å². The van der Waals surface area contributed by atoms with Crippen LogP contribution in [-0.2, 0) is 16.0 Å². The molecular formula is C20H21NO3. The number of carbonyl (C=O) groups is 1. The second-order valence-corrected chi connectivity index (χ2v) is 6.28. The maximum atomic E-state index is 12.5. The summed E-state index contributed by atoms with van der Waals surface area (Å²) in [5.41, 5.74) is 3.43. The summed E-state index contributed by atoms with van der Waals surface area (Å²) in [6, 6.07) is 16.6. The normalized spacial score (nSPS) is 19.7. The van der Waals surface area contributed by atoms with Gasteiger partial charge < -0.3 is 14.4 Å². The number of fused-ring (bicyclic) bond motifs is 1. The second-order valence-electron chi connectivity index (χ2n) is 6.28. The van der Waals surface area contributed by atoms with Crippen molar-refractivity contribution >= 4 is 5.91 Å². The third kappa shape index (κ3) is 2.89. The Bertz CT molecular complexity index is 723. The molecule has 1 unspecified atom stereocenters. The molecule has 0 N–H and O–H groups in total. The molecule has 1 amide bonds. The number of para-hydroxylation sites is 1. The summed E-state index contributed by atoms with van der Waals surface area (Å²) in [5, 5.41) is 0. The van der Waals surface area contributed by atoms with E-state index in [0.29, 0.717) is 39.3 Å². The van der Waals surface area contributed by atoms with Gasteiger partial charge in [-0.15, -0.1) is 0 Å². The molecule has 0 radical (unpaired) electrons. The van der Waals surface area contributed by atoms with Crippen LogP contribution >= 0.6 is 0 Å². The number of hydrogen-bond acceptors (Lipinski definition) is 3. The first-order valence-corrected chi connectivity index (χ1v) is 8.48. The lowest BCUT2D eigenvalue weighted by molar-refractivity contribution is -0.134. The van der Waals surface area contributed by atoms with Crippen molar-refractivity contribution in [2.45, 2.75) is 12.3 Å². The van der Waals surface area contributed by atoms with Gasteiger partial charge in [-0.25, -0.2) is 0 Å². The van der Waals surface area contributed by atoms with Gasteiger partial charge in [0.05, 0.1) is 26.2 Å². The van der Waals surface area contributed by atoms with Gasteiger partial charge in [0.15, 0.2) is 0 Å². The van der Waals surface area contributed by atoms with Crippen LogP contribution in [0.25, 0.3) is 0 Å². The molecule has 4 heteroatoms. The quantitative estimate of drug-likeness (QED) is 0.871. The van der Waals surface area contributed by atoms with E-state index in [1.54, 1.807) is 0 Å². The fourth-order valence-electron chi connectivity index (χ4n) is 3.50. The van der Waals surface area contributed by atoms with Crippen molar-refractivity contribution in [1.82, 2.24) is 4.90 Å². The number of nitrogens with zero attached hydrogens (tertiary/aromatic N) is 1. The number of ether oxygens (including phenoxy) is 2. The molecule has 0 bridgehead atoms. The third-order valence-corrected chi connectivity index (χ3v) is 4.80. The average molecular weight is 323 g/mol. The van der Waals surface area contributed by atoms with E-state index in [1.165, 1.54) is 11.1 Å². The molecular weight excluding hydrogens is 302 g/mol. The summed E-state index contributed by atoms with van der Waals surface area (Å²) in [4.78, 5) is 14.4. The van der Waals surface area contributed by atoms with Crippen LogP contribution in [0.2, 0.25) is 0 Å². The zero-order chi connectivity index (χ0) is 16.4. The molecule has 1 fully saturated rings. The van der Waals surface area contributed by atoms with Gasteiger partial charge >= 0.3 is 0 Å². The lowest BCUT2D eigenvalue weighted by Crippen LogP contribution is -2.41. The Balaban J connectivity index is 1.56. The Morgan fingerprint density at radius 1 is 1.04 bits per heavy atom. The van der Waals surface area contributed by atoms with E-state index >= 15 is 0 Å². The predicted molar refractivity (Wildman–Crippen MR) is 91.3 cm³/mol. The highest BCUT2D eigenvalue weighted by atomic mass is 16.5. The molecule has 0 saturated carbocycles. The van der Waals surface area contributed by atoms with Crippen molar-refractivity contribution in [3.63, 3.8) is 0 Å². The fourth-order valence-corrected chi connectivity index (χ4v) is 3.50. The van der Waals surface area contributed by atoms with Gasteiger partial charge in [0.2, 0.25) is 5.91 Å². The number of carbonyl (C=O) groups excluding carboxylic acids is 1. The van der Waals surface area contributed by atoms with Gasteiger partial charge in [-0.3, -0.25) is 4.79 Å². The summed E-state index contributed by atoms with van der Waals surface area (Å²) in [5.74, 6) is 1.30. The number of amides is 1. The Hall–Kier alpha value is -2.33. The summed E-state index contributed by atoms with van der Waals surface area (Å²) >= 11 is 0. The first-order chi connectivity index (χ1) is 11.8. The zero-order valence-corrected chi connectivity index (χ0v) is 13.6. The monoisotopic (exact) mass is 323 g/mol. The molecule has 2 heterocycles. The summed E-state index contributed by atoms with van der Waals surface area (Å²) < 4.78 is 11.3. The van der Waals surface area contributed by atoms with E-state index in [0.717, 1.165) is 11.3 Å². The molecule has 1 atom stereocenters. The van der Waals surface area contributed by atoms with Gasteiger partial charge in [-0.2, -0.15) is 0 Å². The Morgan fingerprint density at radius 2 is 1.83 bits per heavy atom. The first-order valence-electron chi connectivity index (χ1n) is 8.48. The molecule has 0 aromatic heterocycles. The van der Waals surface area contributed by atoms with Crippen LogP contribution < -0.4 is 4.74 Å². The average Bonchev–Trinajstić information content (AvgIpc) is 3.08. The standard InChI is InChI=1S/C20H21NO3/c22-19(21-9-11-23-12-10-21)13-16-7-4-8-17-18(14-24-20(16)17)15-5-2-1-3-6-15/h1-8,18H,9-14H2. The van der Waals surface area contributed by atoms with Crippen molar-refractivity contribution in [2.24, 2.45) is 0 Å². The number of morpholine rings is 1. The lowest BCUT2D eigenvalue weighted by atomic mass is 9.91. The van der Waals surface area contributed by atoms with Crippen molar-refractivity contribution in [3.05, 3.63) is 65.2 Å². The van der Waals surface area contributed by atoms with Crippen LogP contribution in [0, 0.1) is 0 Å². The molecule has 0 aliphatic carbocycles. The van der Waals surface area contributed by atoms with Crippen LogP contribution in [0.3, 0.4) is 0 Å². The minimum atomic E-state index is 0.151. The van der Waals surface area contributed by atoms with Crippen molar-refractivity contribution in [3.8, 4) is 5.75 Å². The highest BCUT2D eigenvalue weighted by Gasteiger charge is 2.28. The van der Waals surface area contributed by atoms with Crippen molar-refractivity contribution in [1.29, 1.82) is 0 Å². The van der Waals surface area contributed by atoms with Crippen LogP contribution in [0.15, 0.2) is 48.5 Å². The molecule has 124 valence electrons. The van der Waals surface area contributed by atoms with Gasteiger partial charge in [-0.05, 0) is 5.56 Å². The molecule has 4 nitrogen and oxygen atoms in total. The Morgan fingerprint density at radius 3 is 2.62 bits per heavy atom. The van der Waals surface area contributed by atoms with Crippen LogP contribution in [-0.4, -0.2) is 43.7 Å². The second kappa shape index (κ2) is 6.65. The predicted octanol–water partition coefficient (Wildman–Crippen LogP) is 2.61. The fraction of sp³-hybridized carbons (Fsp3) is 0.350. The molecule has 1 saturated heterocycles. The van der Waals surface area contributed by atoms with E-state index in [9.17, 15) is 4.79 Å². The third-order valence-electron chi connectivity index (χ3n) is 4.80. The van der Waals surface area contributed by atoms with Crippen molar-refractivity contribution < 1.29 is 14.3 Å². The number of hydrogen-bond donors (Lipinski definition) is 0. The van der Waals surface area contributed by atoms with Crippen LogP contribution in [0.1, 0.15) is 22.6 Å². The summed E-state index contributed by atoms with van der Waals surface area (Å²) in [7, 11) is 0. The number of benzene rings is 2. The maximum absolute atomic E-state index is 12.5. The SMILES string of the molecule is O=C(Cc1cccc2c1OCC2c1ccccc1)N1CCOCC1. The van der Waals surface area contributed by atoms with Crippen molar-refractivity contribution in [2.75, 3.05) is 32.9 Å². The summed E-state index contributed by atoms with van der Waals surface area (Å²) in [6.45, 7) is 3.27. The lowest BCUT2D eigenvalue weighted by Gasteiger charge is -2.27. The molecule has 2 aromatic carbocycles. The van der Waals surface area contributed by atoms with Gasteiger partial charge in [0.25, 0.3) is 0 Å². The maximum Gasteiger partial charge on any atom is 0.227 e. The van der Waals surface area contributed by atoms with Gasteiger partial charge in [-0.1, -0.05) is 48.5 Å². The molecule has 4 rings (SSSR count). The topological polar surface area (TPSA) is 38.8 Å².